The van der Waals surface area contributed by atoms with Crippen LogP contribution >= 0.6 is 0 Å². The molecule has 10 heteroatoms. The van der Waals surface area contributed by atoms with Gasteiger partial charge in [-0.05, 0) is 52.7 Å². The van der Waals surface area contributed by atoms with E-state index in [0.29, 0.717) is 24.5 Å². The summed E-state index contributed by atoms with van der Waals surface area (Å²) in [7, 11) is 0. The standard InChI is InChI=1S/C26H31F2N7O/c1-16-13-34(24(36)25(3,4)23(27)28)17(2)12-33(16)21-20-22(32-15-31-21)35(14-26(20)7-5-8-26)19-10-18(11-29)6-9-30-19/h6,9-10,15-17,23H,5,7-8,12-14H2,1-4H3/t16?,17-/m0/s1. The van der Waals surface area contributed by atoms with Gasteiger partial charge in [0.05, 0.1) is 11.6 Å². The zero-order valence-electron chi connectivity index (χ0n) is 21.1. The first-order valence-electron chi connectivity index (χ1n) is 12.4. The SMILES string of the molecule is CC1CN(C(=O)C(C)(C)C(F)F)[C@@H](C)CN1c1ncnc2c1C1(CCC1)CN2c1cc(C#N)ccn1. The lowest BCUT2D eigenvalue weighted by molar-refractivity contribution is -0.152. The fraction of sp³-hybridized carbons (Fsp3) is 0.577. The predicted octanol–water partition coefficient (Wildman–Crippen LogP) is 4.03. The molecule has 190 valence electrons. The monoisotopic (exact) mass is 495 g/mol. The van der Waals surface area contributed by atoms with Crippen molar-refractivity contribution in [3.05, 3.63) is 35.8 Å². The molecule has 2 aromatic rings. The maximum absolute atomic E-state index is 13.6. The number of hydrogen-bond donors (Lipinski definition) is 0. The molecule has 1 unspecified atom stereocenters. The number of nitriles is 1. The molecule has 2 fully saturated rings. The number of nitrogens with zero attached hydrogens (tertiary/aromatic N) is 7. The Kier molecular flexibility index (Phi) is 5.85. The number of hydrogen-bond acceptors (Lipinski definition) is 7. The average molecular weight is 496 g/mol. The predicted molar refractivity (Wildman–Crippen MR) is 131 cm³/mol. The van der Waals surface area contributed by atoms with Gasteiger partial charge in [-0.3, -0.25) is 4.79 Å². The Morgan fingerprint density at radius 1 is 1.17 bits per heavy atom. The van der Waals surface area contributed by atoms with E-state index in [9.17, 15) is 18.8 Å². The van der Waals surface area contributed by atoms with E-state index in [2.05, 4.69) is 25.8 Å². The first-order valence-corrected chi connectivity index (χ1v) is 12.4. The van der Waals surface area contributed by atoms with Crippen molar-refractivity contribution in [2.75, 3.05) is 29.4 Å². The zero-order chi connectivity index (χ0) is 25.8. The molecule has 0 bridgehead atoms. The summed E-state index contributed by atoms with van der Waals surface area (Å²) in [6.07, 6.45) is 3.61. The van der Waals surface area contributed by atoms with Crippen LogP contribution in [0.25, 0.3) is 0 Å². The maximum atomic E-state index is 13.6. The van der Waals surface area contributed by atoms with Gasteiger partial charge in [0.25, 0.3) is 6.43 Å². The number of anilines is 3. The highest BCUT2D eigenvalue weighted by Gasteiger charge is 2.52. The second-order valence-corrected chi connectivity index (χ2v) is 11.0. The first-order chi connectivity index (χ1) is 17.1. The molecule has 1 spiro atoms. The van der Waals surface area contributed by atoms with Gasteiger partial charge in [0.1, 0.15) is 29.2 Å². The van der Waals surface area contributed by atoms with Crippen LogP contribution in [0.1, 0.15) is 58.1 Å². The van der Waals surface area contributed by atoms with Crippen molar-refractivity contribution in [2.24, 2.45) is 5.41 Å². The van der Waals surface area contributed by atoms with Crippen LogP contribution in [0.3, 0.4) is 0 Å². The van der Waals surface area contributed by atoms with E-state index in [1.54, 1.807) is 29.6 Å². The smallest absolute Gasteiger partial charge is 0.252 e. The van der Waals surface area contributed by atoms with Gasteiger partial charge in [-0.25, -0.2) is 23.7 Å². The number of alkyl halides is 2. The normalized spacial score (nSPS) is 23.0. The molecule has 2 aromatic heterocycles. The molecule has 0 N–H and O–H groups in total. The molecule has 36 heavy (non-hydrogen) atoms. The first kappa shape index (κ1) is 24.3. The minimum Gasteiger partial charge on any atom is -0.350 e. The van der Waals surface area contributed by atoms with E-state index < -0.39 is 17.7 Å². The van der Waals surface area contributed by atoms with Gasteiger partial charge in [0.15, 0.2) is 0 Å². The molecule has 8 nitrogen and oxygen atoms in total. The third kappa shape index (κ3) is 3.67. The van der Waals surface area contributed by atoms with Crippen LogP contribution in [0.15, 0.2) is 24.7 Å². The third-order valence-electron chi connectivity index (χ3n) is 8.13. The lowest BCUT2D eigenvalue weighted by atomic mass is 9.66. The van der Waals surface area contributed by atoms with Crippen LogP contribution in [0.5, 0.6) is 0 Å². The average Bonchev–Trinajstić information content (AvgIpc) is 3.21. The molecule has 0 radical (unpaired) electrons. The summed E-state index contributed by atoms with van der Waals surface area (Å²) in [6.45, 7) is 8.10. The molecule has 3 aliphatic rings. The number of amides is 1. The molecule has 5 rings (SSSR count). The van der Waals surface area contributed by atoms with Gasteiger partial charge in [-0.2, -0.15) is 5.26 Å². The van der Waals surface area contributed by atoms with Gasteiger partial charge in [-0.15, -0.1) is 0 Å². The molecule has 1 saturated carbocycles. The van der Waals surface area contributed by atoms with Crippen molar-refractivity contribution in [1.29, 1.82) is 5.26 Å². The van der Waals surface area contributed by atoms with E-state index in [1.165, 1.54) is 13.8 Å². The topological polar surface area (TPSA) is 89.3 Å². The summed E-state index contributed by atoms with van der Waals surface area (Å²) in [6, 6.07) is 5.29. The number of halogens is 2. The van der Waals surface area contributed by atoms with E-state index in [4.69, 9.17) is 4.98 Å². The number of carbonyl (C=O) groups is 1. The van der Waals surface area contributed by atoms with Crippen LogP contribution < -0.4 is 9.80 Å². The van der Waals surface area contributed by atoms with Crippen LogP contribution in [-0.2, 0) is 10.2 Å². The highest BCUT2D eigenvalue weighted by molar-refractivity contribution is 5.83. The highest BCUT2D eigenvalue weighted by Crippen LogP contribution is 2.56. The number of aromatic nitrogens is 3. The summed E-state index contributed by atoms with van der Waals surface area (Å²) in [4.78, 5) is 32.8. The second-order valence-electron chi connectivity index (χ2n) is 11.0. The Bertz CT molecular complexity index is 1220. The molecular formula is C26H31F2N7O. The van der Waals surface area contributed by atoms with Crippen molar-refractivity contribution < 1.29 is 13.6 Å². The Labute approximate surface area is 209 Å². The molecule has 1 amide bonds. The van der Waals surface area contributed by atoms with Crippen molar-refractivity contribution in [2.45, 2.75) is 70.9 Å². The van der Waals surface area contributed by atoms with Gasteiger partial charge in [0.2, 0.25) is 5.91 Å². The quantitative estimate of drug-likeness (QED) is 0.633. The number of pyridine rings is 1. The summed E-state index contributed by atoms with van der Waals surface area (Å²) in [5.74, 6) is 1.82. The van der Waals surface area contributed by atoms with Crippen LogP contribution in [0, 0.1) is 16.7 Å². The van der Waals surface area contributed by atoms with Crippen molar-refractivity contribution >= 4 is 23.4 Å². The number of fused-ring (bicyclic) bond motifs is 2. The fourth-order valence-electron chi connectivity index (χ4n) is 5.73. The molecule has 2 atom stereocenters. The minimum atomic E-state index is -2.73. The number of rotatable bonds is 4. The third-order valence-corrected chi connectivity index (χ3v) is 8.13. The molecule has 4 heterocycles. The Morgan fingerprint density at radius 3 is 2.53 bits per heavy atom. The Morgan fingerprint density at radius 2 is 1.89 bits per heavy atom. The van der Waals surface area contributed by atoms with Gasteiger partial charge < -0.3 is 14.7 Å². The van der Waals surface area contributed by atoms with Crippen LogP contribution in [0.2, 0.25) is 0 Å². The lowest BCUT2D eigenvalue weighted by Crippen LogP contribution is -2.61. The van der Waals surface area contributed by atoms with Crippen LogP contribution in [0.4, 0.5) is 26.2 Å². The zero-order valence-corrected chi connectivity index (χ0v) is 21.1. The second kappa shape index (κ2) is 8.64. The largest absolute Gasteiger partial charge is 0.350 e. The van der Waals surface area contributed by atoms with Gasteiger partial charge in [-0.1, -0.05) is 6.42 Å². The van der Waals surface area contributed by atoms with Crippen molar-refractivity contribution in [1.82, 2.24) is 19.9 Å². The summed E-state index contributed by atoms with van der Waals surface area (Å²) < 4.78 is 27.2. The number of carbonyl (C=O) groups excluding carboxylic acids is 1. The van der Waals surface area contributed by atoms with E-state index in [-0.39, 0.29) is 17.5 Å². The van der Waals surface area contributed by atoms with E-state index >= 15 is 0 Å². The van der Waals surface area contributed by atoms with Crippen molar-refractivity contribution in [3.8, 4) is 6.07 Å². The Hall–Kier alpha value is -3.35. The maximum Gasteiger partial charge on any atom is 0.252 e. The Balaban J connectivity index is 1.50. The van der Waals surface area contributed by atoms with Gasteiger partial charge >= 0.3 is 0 Å². The molecular weight excluding hydrogens is 464 g/mol. The molecule has 0 aromatic carbocycles. The van der Waals surface area contributed by atoms with E-state index in [0.717, 1.165) is 43.0 Å². The van der Waals surface area contributed by atoms with Gasteiger partial charge in [0, 0.05) is 48.9 Å². The highest BCUT2D eigenvalue weighted by atomic mass is 19.3. The molecule has 1 aliphatic carbocycles. The molecule has 1 saturated heterocycles. The summed E-state index contributed by atoms with van der Waals surface area (Å²) in [5, 5.41) is 9.37. The number of piperazine rings is 1. The molecule has 2 aliphatic heterocycles. The van der Waals surface area contributed by atoms with E-state index in [1.807, 2.05) is 13.8 Å². The van der Waals surface area contributed by atoms with Crippen LogP contribution in [-0.4, -0.2) is 63.9 Å². The fourth-order valence-corrected chi connectivity index (χ4v) is 5.73. The summed E-state index contributed by atoms with van der Waals surface area (Å²) in [5.41, 5.74) is -0.190. The van der Waals surface area contributed by atoms with Crippen molar-refractivity contribution in [3.63, 3.8) is 0 Å². The minimum absolute atomic E-state index is 0.0934. The summed E-state index contributed by atoms with van der Waals surface area (Å²) >= 11 is 0. The lowest BCUT2D eigenvalue weighted by Gasteiger charge is -2.48.